The fourth-order valence-electron chi connectivity index (χ4n) is 3.47. The Bertz CT molecular complexity index is 1180. The molecule has 0 amide bonds. The third-order valence-corrected chi connectivity index (χ3v) is 4.76. The van der Waals surface area contributed by atoms with Crippen LogP contribution in [0.25, 0.3) is 39.1 Å². The Balaban J connectivity index is 1.77. The molecule has 2 aromatic carbocycles. The van der Waals surface area contributed by atoms with E-state index in [9.17, 15) is 0 Å². The number of hydrogen-bond acceptors (Lipinski definition) is 1. The smallest absolute Gasteiger partial charge is 0.140 e. The first-order chi connectivity index (χ1) is 12.3. The van der Waals surface area contributed by atoms with E-state index in [1.165, 1.54) is 11.1 Å². The summed E-state index contributed by atoms with van der Waals surface area (Å²) in [5, 5.41) is 0. The van der Waals surface area contributed by atoms with Crippen LogP contribution in [0.5, 0.6) is 0 Å². The Labute approximate surface area is 145 Å². The Morgan fingerprint density at radius 2 is 1.40 bits per heavy atom. The molecule has 3 aromatic heterocycles. The van der Waals surface area contributed by atoms with Gasteiger partial charge in [0, 0.05) is 30.6 Å². The molecule has 0 bridgehead atoms. The lowest BCUT2D eigenvalue weighted by Gasteiger charge is -2.01. The zero-order valence-corrected chi connectivity index (χ0v) is 13.9. The number of pyridine rings is 1. The Kier molecular flexibility index (Phi) is 3.01. The molecule has 0 aliphatic heterocycles. The number of aromatic nitrogens is 3. The number of hydrogen-bond donors (Lipinski definition) is 0. The molecule has 5 aromatic rings. The van der Waals surface area contributed by atoms with Crippen LogP contribution in [-0.4, -0.2) is 14.0 Å². The van der Waals surface area contributed by atoms with E-state index in [-0.39, 0.29) is 0 Å². The van der Waals surface area contributed by atoms with Crippen LogP contribution < -0.4 is 0 Å². The summed E-state index contributed by atoms with van der Waals surface area (Å²) in [6.07, 6.45) is 4.28. The molecule has 0 radical (unpaired) electrons. The summed E-state index contributed by atoms with van der Waals surface area (Å²) in [6, 6.07) is 25.2. The van der Waals surface area contributed by atoms with Crippen molar-refractivity contribution in [3.05, 3.63) is 85.2 Å². The maximum Gasteiger partial charge on any atom is 0.140 e. The van der Waals surface area contributed by atoms with Gasteiger partial charge in [0.15, 0.2) is 0 Å². The molecule has 0 fully saturated rings. The molecule has 0 N–H and O–H groups in total. The number of aryl methyl sites for hydroxylation is 1. The third kappa shape index (κ3) is 2.17. The molecule has 0 unspecified atom stereocenters. The molecular formula is C22H17N3. The number of imidazole rings is 1. The second-order valence-electron chi connectivity index (χ2n) is 6.30. The minimum absolute atomic E-state index is 0.992. The van der Waals surface area contributed by atoms with Gasteiger partial charge in [0.2, 0.25) is 0 Å². The standard InChI is InChI=1S/C22H17N3/c1-24-19-12-13-25-15-18(16-8-4-2-5-9-16)14-20(25)21(19)23-22(24)17-10-6-3-7-11-17/h2-15H,1H3. The van der Waals surface area contributed by atoms with E-state index in [2.05, 4.69) is 89.1 Å². The van der Waals surface area contributed by atoms with E-state index < -0.39 is 0 Å². The molecular weight excluding hydrogens is 306 g/mol. The highest BCUT2D eigenvalue weighted by Crippen LogP contribution is 2.30. The van der Waals surface area contributed by atoms with Crippen LogP contribution in [0.3, 0.4) is 0 Å². The van der Waals surface area contributed by atoms with Crippen molar-refractivity contribution in [2.45, 2.75) is 0 Å². The average Bonchev–Trinajstić information content (AvgIpc) is 3.25. The second-order valence-corrected chi connectivity index (χ2v) is 6.30. The van der Waals surface area contributed by atoms with Crippen molar-refractivity contribution in [2.24, 2.45) is 7.05 Å². The van der Waals surface area contributed by atoms with Crippen molar-refractivity contribution in [3.63, 3.8) is 0 Å². The summed E-state index contributed by atoms with van der Waals surface area (Å²) < 4.78 is 4.33. The van der Waals surface area contributed by atoms with Crippen LogP contribution in [-0.2, 0) is 7.05 Å². The van der Waals surface area contributed by atoms with Crippen LogP contribution in [0.1, 0.15) is 0 Å². The lowest BCUT2D eigenvalue weighted by atomic mass is 10.1. The second kappa shape index (κ2) is 5.35. The molecule has 3 heteroatoms. The SMILES string of the molecule is Cn1c(-c2ccccc2)nc2c1ccn1cc(-c3ccccc3)cc21. The lowest BCUT2D eigenvalue weighted by molar-refractivity contribution is 0.958. The zero-order chi connectivity index (χ0) is 16.8. The van der Waals surface area contributed by atoms with Gasteiger partial charge in [0.25, 0.3) is 0 Å². The van der Waals surface area contributed by atoms with Crippen LogP contribution in [0, 0.1) is 0 Å². The number of fused-ring (bicyclic) bond motifs is 3. The van der Waals surface area contributed by atoms with Gasteiger partial charge in [-0.25, -0.2) is 4.98 Å². The van der Waals surface area contributed by atoms with E-state index in [1.807, 2.05) is 12.1 Å². The van der Waals surface area contributed by atoms with Crippen molar-refractivity contribution >= 4 is 16.6 Å². The predicted octanol–water partition coefficient (Wildman–Crippen LogP) is 5.16. The lowest BCUT2D eigenvalue weighted by Crippen LogP contribution is -1.92. The Morgan fingerprint density at radius 3 is 2.12 bits per heavy atom. The summed E-state index contributed by atoms with van der Waals surface area (Å²) in [4.78, 5) is 4.96. The number of nitrogens with zero attached hydrogens (tertiary/aromatic N) is 3. The molecule has 5 rings (SSSR count). The van der Waals surface area contributed by atoms with Crippen LogP contribution in [0.15, 0.2) is 85.2 Å². The monoisotopic (exact) mass is 323 g/mol. The quantitative estimate of drug-likeness (QED) is 0.440. The summed E-state index contributed by atoms with van der Waals surface area (Å²) in [7, 11) is 2.08. The average molecular weight is 323 g/mol. The highest BCUT2D eigenvalue weighted by atomic mass is 15.1. The number of rotatable bonds is 2. The van der Waals surface area contributed by atoms with Crippen molar-refractivity contribution in [2.75, 3.05) is 0 Å². The normalized spacial score (nSPS) is 11.4. The van der Waals surface area contributed by atoms with Gasteiger partial charge in [0.05, 0.1) is 11.0 Å². The van der Waals surface area contributed by atoms with Gasteiger partial charge in [-0.2, -0.15) is 0 Å². The first kappa shape index (κ1) is 14.1. The maximum absolute atomic E-state index is 4.96. The summed E-state index contributed by atoms with van der Waals surface area (Å²) in [5.41, 5.74) is 6.87. The molecule has 0 spiro atoms. The Hall–Kier alpha value is -3.33. The van der Waals surface area contributed by atoms with Gasteiger partial charge < -0.3 is 8.97 Å². The number of benzene rings is 2. The van der Waals surface area contributed by atoms with E-state index >= 15 is 0 Å². The van der Waals surface area contributed by atoms with Gasteiger partial charge in [-0.1, -0.05) is 60.7 Å². The highest BCUT2D eigenvalue weighted by molar-refractivity contribution is 5.95. The van der Waals surface area contributed by atoms with Crippen molar-refractivity contribution in [3.8, 4) is 22.5 Å². The molecule has 0 atom stereocenters. The Morgan fingerprint density at radius 1 is 0.720 bits per heavy atom. The maximum atomic E-state index is 4.96. The molecule has 120 valence electrons. The van der Waals surface area contributed by atoms with Gasteiger partial charge in [0.1, 0.15) is 11.3 Å². The largest absolute Gasteiger partial charge is 0.327 e. The topological polar surface area (TPSA) is 22.2 Å². The summed E-state index contributed by atoms with van der Waals surface area (Å²) in [5.74, 6) is 0.992. The first-order valence-corrected chi connectivity index (χ1v) is 8.39. The summed E-state index contributed by atoms with van der Waals surface area (Å²) >= 11 is 0. The van der Waals surface area contributed by atoms with E-state index in [1.54, 1.807) is 0 Å². The molecule has 25 heavy (non-hydrogen) atoms. The molecule has 3 heterocycles. The molecule has 0 saturated heterocycles. The van der Waals surface area contributed by atoms with Crippen LogP contribution >= 0.6 is 0 Å². The third-order valence-electron chi connectivity index (χ3n) is 4.76. The highest BCUT2D eigenvalue weighted by Gasteiger charge is 2.13. The molecule has 0 aliphatic rings. The fraction of sp³-hybridized carbons (Fsp3) is 0.0455. The van der Waals surface area contributed by atoms with Crippen LogP contribution in [0.2, 0.25) is 0 Å². The first-order valence-electron chi connectivity index (χ1n) is 8.39. The fourth-order valence-corrected chi connectivity index (χ4v) is 3.47. The van der Waals surface area contributed by atoms with Crippen molar-refractivity contribution < 1.29 is 0 Å². The summed E-state index contributed by atoms with van der Waals surface area (Å²) in [6.45, 7) is 0. The van der Waals surface area contributed by atoms with Gasteiger partial charge in [-0.15, -0.1) is 0 Å². The van der Waals surface area contributed by atoms with E-state index in [0.29, 0.717) is 0 Å². The minimum Gasteiger partial charge on any atom is -0.327 e. The van der Waals surface area contributed by atoms with Gasteiger partial charge in [-0.3, -0.25) is 0 Å². The molecule has 3 nitrogen and oxygen atoms in total. The minimum atomic E-state index is 0.992. The predicted molar refractivity (Wildman–Crippen MR) is 103 cm³/mol. The van der Waals surface area contributed by atoms with E-state index in [4.69, 9.17) is 4.98 Å². The zero-order valence-electron chi connectivity index (χ0n) is 13.9. The van der Waals surface area contributed by atoms with Crippen molar-refractivity contribution in [1.29, 1.82) is 0 Å². The van der Waals surface area contributed by atoms with E-state index in [0.717, 1.165) is 27.9 Å². The molecule has 0 saturated carbocycles. The van der Waals surface area contributed by atoms with Gasteiger partial charge in [-0.05, 0) is 17.7 Å². The van der Waals surface area contributed by atoms with Crippen LogP contribution in [0.4, 0.5) is 0 Å². The molecule has 0 aliphatic carbocycles. The van der Waals surface area contributed by atoms with Gasteiger partial charge >= 0.3 is 0 Å². The van der Waals surface area contributed by atoms with Crippen molar-refractivity contribution in [1.82, 2.24) is 14.0 Å².